The molecule has 0 aliphatic carbocycles. The minimum Gasteiger partial charge on any atom is -0.387 e. The van der Waals surface area contributed by atoms with Crippen molar-refractivity contribution in [3.63, 3.8) is 0 Å². The number of benzene rings is 1. The van der Waals surface area contributed by atoms with E-state index in [2.05, 4.69) is 0 Å². The Morgan fingerprint density at radius 2 is 1.82 bits per heavy atom. The van der Waals surface area contributed by atoms with Crippen LogP contribution in [0.5, 0.6) is 0 Å². The molecule has 4 N–H and O–H groups in total. The second-order valence-electron chi connectivity index (χ2n) is 6.70. The van der Waals surface area contributed by atoms with Gasteiger partial charge < -0.3 is 20.2 Å². The van der Waals surface area contributed by atoms with Crippen LogP contribution in [0.3, 0.4) is 0 Å². The summed E-state index contributed by atoms with van der Waals surface area (Å²) in [5, 5.41) is 30.0. The number of piperidine rings is 1. The first-order valence-electron chi connectivity index (χ1n) is 7.97. The number of hydrogen-bond donors (Lipinski definition) is 4. The zero-order valence-electron chi connectivity index (χ0n) is 12.8. The third-order valence-electron chi connectivity index (χ3n) is 5.19. The highest BCUT2D eigenvalue weighted by molar-refractivity contribution is 5.96. The molecule has 2 fully saturated rings. The fourth-order valence-corrected chi connectivity index (χ4v) is 3.92. The molecule has 2 heterocycles. The van der Waals surface area contributed by atoms with Gasteiger partial charge in [-0.25, -0.2) is 0 Å². The fourth-order valence-electron chi connectivity index (χ4n) is 3.92. The summed E-state index contributed by atoms with van der Waals surface area (Å²) in [5.74, 6) is 0.0866. The Hall–Kier alpha value is -1.27. The summed E-state index contributed by atoms with van der Waals surface area (Å²) >= 11 is 0. The Labute approximate surface area is 130 Å². The van der Waals surface area contributed by atoms with Crippen LogP contribution >= 0.6 is 0 Å². The lowest BCUT2D eigenvalue weighted by atomic mass is 9.89. The van der Waals surface area contributed by atoms with Gasteiger partial charge in [0.2, 0.25) is 0 Å². The minimum absolute atomic E-state index is 0.0500. The topological polar surface area (TPSA) is 82.2 Å². The SMILES string of the molecule is Cc1ccc(C(=O)C[C@H]2CC[C@@H](O)[C@@H]3[C@H](O)[C@H](O)C[NH+]23)cc1. The molecular formula is C17H24NO4+. The molecule has 0 bridgehead atoms. The van der Waals surface area contributed by atoms with Crippen LogP contribution < -0.4 is 4.90 Å². The number of rotatable bonds is 3. The normalized spacial score (nSPS) is 37.8. The summed E-state index contributed by atoms with van der Waals surface area (Å²) in [6.07, 6.45) is -0.616. The van der Waals surface area contributed by atoms with Crippen LogP contribution in [-0.2, 0) is 0 Å². The summed E-state index contributed by atoms with van der Waals surface area (Å²) in [6.45, 7) is 2.38. The van der Waals surface area contributed by atoms with Gasteiger partial charge in [0.1, 0.15) is 30.9 Å². The van der Waals surface area contributed by atoms with Gasteiger partial charge in [0.25, 0.3) is 0 Å². The third-order valence-corrected chi connectivity index (χ3v) is 5.19. The number of nitrogens with one attached hydrogen (secondary N) is 1. The largest absolute Gasteiger partial charge is 0.387 e. The Bertz CT molecular complexity index is 544. The van der Waals surface area contributed by atoms with Crippen LogP contribution in [0.25, 0.3) is 0 Å². The fraction of sp³-hybridized carbons (Fsp3) is 0.588. The van der Waals surface area contributed by atoms with Gasteiger partial charge in [-0.15, -0.1) is 0 Å². The summed E-state index contributed by atoms with van der Waals surface area (Å²) in [4.78, 5) is 13.4. The summed E-state index contributed by atoms with van der Waals surface area (Å²) < 4.78 is 0. The van der Waals surface area contributed by atoms with Gasteiger partial charge in [0.15, 0.2) is 5.78 Å². The molecule has 0 aromatic heterocycles. The molecule has 0 saturated carbocycles. The van der Waals surface area contributed by atoms with Crippen molar-refractivity contribution in [1.82, 2.24) is 0 Å². The summed E-state index contributed by atoms with van der Waals surface area (Å²) in [6, 6.07) is 7.22. The van der Waals surface area contributed by atoms with Crippen LogP contribution in [-0.4, -0.2) is 58.0 Å². The Morgan fingerprint density at radius 1 is 1.14 bits per heavy atom. The van der Waals surface area contributed by atoms with Gasteiger partial charge >= 0.3 is 0 Å². The Morgan fingerprint density at radius 3 is 2.50 bits per heavy atom. The molecule has 2 aliphatic heterocycles. The van der Waals surface area contributed by atoms with E-state index in [1.165, 1.54) is 0 Å². The number of hydrogen-bond acceptors (Lipinski definition) is 4. The quantitative estimate of drug-likeness (QED) is 0.545. The van der Waals surface area contributed by atoms with Crippen LogP contribution in [0.4, 0.5) is 0 Å². The average molecular weight is 306 g/mol. The van der Waals surface area contributed by atoms with Gasteiger partial charge in [-0.1, -0.05) is 29.8 Å². The van der Waals surface area contributed by atoms with E-state index in [0.717, 1.165) is 16.9 Å². The van der Waals surface area contributed by atoms with E-state index in [-0.39, 0.29) is 17.9 Å². The summed E-state index contributed by atoms with van der Waals surface area (Å²) in [7, 11) is 0. The van der Waals surface area contributed by atoms with E-state index in [0.29, 0.717) is 24.9 Å². The predicted molar refractivity (Wildman–Crippen MR) is 80.8 cm³/mol. The molecule has 1 aromatic carbocycles. The van der Waals surface area contributed by atoms with E-state index < -0.39 is 18.3 Å². The molecule has 22 heavy (non-hydrogen) atoms. The van der Waals surface area contributed by atoms with E-state index in [1.54, 1.807) is 0 Å². The van der Waals surface area contributed by atoms with Crippen molar-refractivity contribution in [3.8, 4) is 0 Å². The molecule has 6 atom stereocenters. The van der Waals surface area contributed by atoms with E-state index >= 15 is 0 Å². The van der Waals surface area contributed by atoms with Crippen molar-refractivity contribution in [2.75, 3.05) is 6.54 Å². The standard InChI is InChI=1S/C17H23NO4/c1-10-2-4-11(5-3-10)14(20)8-12-6-7-13(19)16-17(22)15(21)9-18(12)16/h2-5,12-13,15-17,19,21-22H,6-9H2,1H3/p+1/t12-,13-,15-,16-,17-/m1/s1. The number of quaternary nitrogens is 1. The lowest BCUT2D eigenvalue weighted by Crippen LogP contribution is -3.20. The molecule has 1 unspecified atom stereocenters. The molecule has 5 nitrogen and oxygen atoms in total. The molecule has 0 spiro atoms. The second kappa shape index (κ2) is 6.08. The predicted octanol–water partition coefficient (Wildman–Crippen LogP) is -0.920. The second-order valence-corrected chi connectivity index (χ2v) is 6.70. The van der Waals surface area contributed by atoms with Gasteiger partial charge in [-0.05, 0) is 13.3 Å². The van der Waals surface area contributed by atoms with Crippen molar-refractivity contribution < 1.29 is 25.0 Å². The molecule has 0 radical (unpaired) electrons. The first-order valence-corrected chi connectivity index (χ1v) is 7.97. The monoisotopic (exact) mass is 306 g/mol. The molecule has 2 aliphatic rings. The van der Waals surface area contributed by atoms with Crippen LogP contribution in [0.1, 0.15) is 35.2 Å². The number of Topliss-reactive ketones (excluding diaryl/α,β-unsaturated/α-hetero) is 1. The van der Waals surface area contributed by atoms with Crippen molar-refractivity contribution in [3.05, 3.63) is 35.4 Å². The number of carbonyl (C=O) groups excluding carboxylic acids is 1. The number of aliphatic hydroxyl groups is 3. The first-order chi connectivity index (χ1) is 10.5. The Kier molecular flexibility index (Phi) is 4.32. The highest BCUT2D eigenvalue weighted by Crippen LogP contribution is 2.20. The Balaban J connectivity index is 1.72. The molecule has 1 aromatic rings. The first kappa shape index (κ1) is 15.6. The molecule has 2 saturated heterocycles. The van der Waals surface area contributed by atoms with Crippen molar-refractivity contribution in [2.45, 2.75) is 56.6 Å². The smallest absolute Gasteiger partial charge is 0.168 e. The van der Waals surface area contributed by atoms with E-state index in [4.69, 9.17) is 0 Å². The molecule has 5 heteroatoms. The molecular weight excluding hydrogens is 282 g/mol. The zero-order chi connectivity index (χ0) is 15.9. The third kappa shape index (κ3) is 2.82. The van der Waals surface area contributed by atoms with E-state index in [9.17, 15) is 20.1 Å². The number of carbonyl (C=O) groups is 1. The zero-order valence-corrected chi connectivity index (χ0v) is 12.8. The van der Waals surface area contributed by atoms with Crippen molar-refractivity contribution in [2.24, 2.45) is 0 Å². The highest BCUT2D eigenvalue weighted by atomic mass is 16.3. The van der Waals surface area contributed by atoms with Crippen molar-refractivity contribution >= 4 is 5.78 Å². The number of aryl methyl sites for hydroxylation is 1. The van der Waals surface area contributed by atoms with E-state index in [1.807, 2.05) is 31.2 Å². The van der Waals surface area contributed by atoms with Gasteiger partial charge in [0.05, 0.1) is 12.5 Å². The van der Waals surface area contributed by atoms with Crippen LogP contribution in [0, 0.1) is 6.92 Å². The number of fused-ring (bicyclic) bond motifs is 1. The van der Waals surface area contributed by atoms with Gasteiger partial charge in [-0.2, -0.15) is 0 Å². The maximum absolute atomic E-state index is 12.5. The molecule has 0 amide bonds. The highest BCUT2D eigenvalue weighted by Gasteiger charge is 2.53. The lowest BCUT2D eigenvalue weighted by molar-refractivity contribution is -0.948. The average Bonchev–Trinajstić information content (AvgIpc) is 2.79. The maximum Gasteiger partial charge on any atom is 0.168 e. The van der Waals surface area contributed by atoms with Gasteiger partial charge in [0, 0.05) is 12.0 Å². The number of aliphatic hydroxyl groups excluding tert-OH is 3. The number of ketones is 1. The molecule has 3 rings (SSSR count). The maximum atomic E-state index is 12.5. The van der Waals surface area contributed by atoms with Crippen molar-refractivity contribution in [1.29, 1.82) is 0 Å². The van der Waals surface area contributed by atoms with Crippen LogP contribution in [0.2, 0.25) is 0 Å². The molecule has 120 valence electrons. The summed E-state index contributed by atoms with van der Waals surface area (Å²) in [5.41, 5.74) is 1.82. The van der Waals surface area contributed by atoms with Gasteiger partial charge in [-0.3, -0.25) is 4.79 Å². The lowest BCUT2D eigenvalue weighted by Gasteiger charge is -2.37. The van der Waals surface area contributed by atoms with Crippen LogP contribution in [0.15, 0.2) is 24.3 Å². The minimum atomic E-state index is -0.901.